The van der Waals surface area contributed by atoms with Crippen LogP contribution in [0.1, 0.15) is 26.3 Å². The zero-order chi connectivity index (χ0) is 17.1. The van der Waals surface area contributed by atoms with Gasteiger partial charge >= 0.3 is 5.97 Å². The van der Waals surface area contributed by atoms with Crippen molar-refractivity contribution in [2.24, 2.45) is 0 Å². The lowest BCUT2D eigenvalue weighted by molar-refractivity contribution is 0.0693. The summed E-state index contributed by atoms with van der Waals surface area (Å²) in [6, 6.07) is 9.79. The molecule has 0 saturated carbocycles. The second-order valence-corrected chi connectivity index (χ2v) is 5.06. The number of benzene rings is 2. The third-order valence-electron chi connectivity index (χ3n) is 3.59. The lowest BCUT2D eigenvalue weighted by Gasteiger charge is -2.10. The first-order chi connectivity index (χ1) is 11.6. The topological polar surface area (TPSA) is 94.1 Å². The zero-order valence-electron chi connectivity index (χ0n) is 12.9. The summed E-state index contributed by atoms with van der Waals surface area (Å²) in [4.78, 5) is 23.6. The molecule has 1 heterocycles. The maximum absolute atomic E-state index is 12.3. The number of amides is 1. The zero-order valence-corrected chi connectivity index (χ0v) is 12.9. The molecule has 0 saturated heterocycles. The summed E-state index contributed by atoms with van der Waals surface area (Å²) < 4.78 is 15.6. The number of methoxy groups -OCH3 is 1. The van der Waals surface area contributed by atoms with Gasteiger partial charge in [0.2, 0.25) is 6.79 Å². The molecule has 0 bridgehead atoms. The molecule has 124 valence electrons. The Hall–Kier alpha value is -3.22. The Morgan fingerprint density at radius 1 is 1.21 bits per heavy atom. The summed E-state index contributed by atoms with van der Waals surface area (Å²) >= 11 is 0. The van der Waals surface area contributed by atoms with Gasteiger partial charge in [0.15, 0.2) is 11.5 Å². The van der Waals surface area contributed by atoms with Crippen LogP contribution >= 0.6 is 0 Å². The first kappa shape index (κ1) is 15.7. The summed E-state index contributed by atoms with van der Waals surface area (Å²) in [6.07, 6.45) is 0. The average Bonchev–Trinajstić information content (AvgIpc) is 3.08. The molecule has 3 rings (SSSR count). The molecule has 2 aromatic rings. The van der Waals surface area contributed by atoms with Crippen molar-refractivity contribution in [1.29, 1.82) is 0 Å². The van der Waals surface area contributed by atoms with Crippen LogP contribution in [0.3, 0.4) is 0 Å². The lowest BCUT2D eigenvalue weighted by Crippen LogP contribution is -2.23. The normalized spacial score (nSPS) is 11.9. The number of carbonyl (C=O) groups is 2. The van der Waals surface area contributed by atoms with E-state index in [-0.39, 0.29) is 30.6 Å². The highest BCUT2D eigenvalue weighted by Gasteiger charge is 2.21. The standard InChI is InChI=1S/C17H15NO6/c1-22-13-6-5-10(7-12(13)17(20)21)8-18-16(19)11-3-2-4-14-15(11)24-9-23-14/h2-7H,8-9H2,1H3,(H,18,19)(H,20,21). The van der Waals surface area contributed by atoms with Gasteiger partial charge in [-0.1, -0.05) is 12.1 Å². The van der Waals surface area contributed by atoms with Crippen LogP contribution < -0.4 is 19.5 Å². The monoisotopic (exact) mass is 329 g/mol. The number of carboxylic acids is 1. The maximum Gasteiger partial charge on any atom is 0.339 e. The molecule has 2 aromatic carbocycles. The third kappa shape index (κ3) is 2.96. The van der Waals surface area contributed by atoms with Crippen molar-refractivity contribution < 1.29 is 28.9 Å². The number of para-hydroxylation sites is 1. The molecule has 2 N–H and O–H groups in total. The molecule has 0 unspecified atom stereocenters. The Morgan fingerprint density at radius 2 is 2.04 bits per heavy atom. The number of hydrogen-bond donors (Lipinski definition) is 2. The molecule has 7 nitrogen and oxygen atoms in total. The molecule has 7 heteroatoms. The Balaban J connectivity index is 1.74. The van der Waals surface area contributed by atoms with Gasteiger partial charge in [-0.25, -0.2) is 4.79 Å². The Labute approximate surface area is 137 Å². The maximum atomic E-state index is 12.3. The minimum Gasteiger partial charge on any atom is -0.496 e. The smallest absolute Gasteiger partial charge is 0.339 e. The summed E-state index contributed by atoms with van der Waals surface area (Å²) in [7, 11) is 1.40. The van der Waals surface area contributed by atoms with Gasteiger partial charge in [0.1, 0.15) is 11.3 Å². The van der Waals surface area contributed by atoms with Crippen molar-refractivity contribution in [3.8, 4) is 17.2 Å². The van der Waals surface area contributed by atoms with Crippen LogP contribution in [0.5, 0.6) is 17.2 Å². The predicted octanol–water partition coefficient (Wildman–Crippen LogP) is 2.05. The molecule has 1 aliphatic rings. The van der Waals surface area contributed by atoms with Gasteiger partial charge in [-0.05, 0) is 29.8 Å². The fourth-order valence-electron chi connectivity index (χ4n) is 2.42. The number of aromatic carboxylic acids is 1. The Kier molecular flexibility index (Phi) is 4.24. The Morgan fingerprint density at radius 3 is 2.79 bits per heavy atom. The highest BCUT2D eigenvalue weighted by molar-refractivity contribution is 5.98. The minimum absolute atomic E-state index is 0.0431. The van der Waals surface area contributed by atoms with Gasteiger partial charge in [-0.2, -0.15) is 0 Å². The van der Waals surface area contributed by atoms with Crippen molar-refractivity contribution in [3.63, 3.8) is 0 Å². The fourth-order valence-corrected chi connectivity index (χ4v) is 2.42. The SMILES string of the molecule is COc1ccc(CNC(=O)c2cccc3c2OCO3)cc1C(=O)O. The average molecular weight is 329 g/mol. The van der Waals surface area contributed by atoms with Gasteiger partial charge in [-0.15, -0.1) is 0 Å². The molecule has 0 aromatic heterocycles. The minimum atomic E-state index is -1.09. The number of rotatable bonds is 5. The van der Waals surface area contributed by atoms with Gasteiger partial charge in [-0.3, -0.25) is 4.79 Å². The largest absolute Gasteiger partial charge is 0.496 e. The van der Waals surface area contributed by atoms with E-state index in [1.54, 1.807) is 30.3 Å². The van der Waals surface area contributed by atoms with E-state index in [0.29, 0.717) is 22.6 Å². The molecule has 1 amide bonds. The second-order valence-electron chi connectivity index (χ2n) is 5.06. The van der Waals surface area contributed by atoms with Crippen LogP contribution in [0.4, 0.5) is 0 Å². The fraction of sp³-hybridized carbons (Fsp3) is 0.176. The Bertz CT molecular complexity index is 802. The quantitative estimate of drug-likeness (QED) is 0.872. The number of fused-ring (bicyclic) bond motifs is 1. The molecule has 0 atom stereocenters. The molecule has 1 aliphatic heterocycles. The molecule has 0 spiro atoms. The van der Waals surface area contributed by atoms with Crippen molar-refractivity contribution in [2.45, 2.75) is 6.54 Å². The van der Waals surface area contributed by atoms with E-state index in [2.05, 4.69) is 5.32 Å². The summed E-state index contributed by atoms with van der Waals surface area (Å²) in [5.74, 6) is -0.211. The van der Waals surface area contributed by atoms with Crippen LogP contribution in [0, 0.1) is 0 Å². The van der Waals surface area contributed by atoms with Gasteiger partial charge < -0.3 is 24.6 Å². The van der Waals surface area contributed by atoms with Crippen molar-refractivity contribution in [3.05, 3.63) is 53.1 Å². The van der Waals surface area contributed by atoms with Crippen LogP contribution in [-0.4, -0.2) is 30.9 Å². The van der Waals surface area contributed by atoms with E-state index in [1.165, 1.54) is 13.2 Å². The van der Waals surface area contributed by atoms with Gasteiger partial charge in [0, 0.05) is 6.54 Å². The van der Waals surface area contributed by atoms with Gasteiger partial charge in [0.25, 0.3) is 5.91 Å². The summed E-state index contributed by atoms with van der Waals surface area (Å²) in [5, 5.41) is 11.9. The van der Waals surface area contributed by atoms with E-state index in [1.807, 2.05) is 0 Å². The van der Waals surface area contributed by atoms with E-state index in [4.69, 9.17) is 14.2 Å². The number of carbonyl (C=O) groups excluding carboxylic acids is 1. The first-order valence-corrected chi connectivity index (χ1v) is 7.17. The number of hydrogen-bond acceptors (Lipinski definition) is 5. The van der Waals surface area contributed by atoms with E-state index < -0.39 is 5.97 Å². The van der Waals surface area contributed by atoms with E-state index in [9.17, 15) is 14.7 Å². The second kappa shape index (κ2) is 6.49. The number of nitrogens with one attached hydrogen (secondary N) is 1. The van der Waals surface area contributed by atoms with Crippen molar-refractivity contribution >= 4 is 11.9 Å². The van der Waals surface area contributed by atoms with Crippen LogP contribution in [0.25, 0.3) is 0 Å². The highest BCUT2D eigenvalue weighted by atomic mass is 16.7. The summed E-state index contributed by atoms with van der Waals surface area (Å²) in [6.45, 7) is 0.258. The van der Waals surface area contributed by atoms with Crippen LogP contribution in [-0.2, 0) is 6.54 Å². The molecule has 24 heavy (non-hydrogen) atoms. The van der Waals surface area contributed by atoms with Crippen molar-refractivity contribution in [1.82, 2.24) is 5.32 Å². The van der Waals surface area contributed by atoms with Crippen molar-refractivity contribution in [2.75, 3.05) is 13.9 Å². The van der Waals surface area contributed by atoms with Gasteiger partial charge in [0.05, 0.1) is 12.7 Å². The first-order valence-electron chi connectivity index (χ1n) is 7.17. The molecule has 0 fully saturated rings. The van der Waals surface area contributed by atoms with E-state index >= 15 is 0 Å². The highest BCUT2D eigenvalue weighted by Crippen LogP contribution is 2.35. The number of carboxylic acid groups (broad SMARTS) is 1. The van der Waals surface area contributed by atoms with Crippen LogP contribution in [0.15, 0.2) is 36.4 Å². The third-order valence-corrected chi connectivity index (χ3v) is 3.59. The number of ether oxygens (including phenoxy) is 3. The van der Waals surface area contributed by atoms with E-state index in [0.717, 1.165) is 0 Å². The molecular formula is C17H15NO6. The lowest BCUT2D eigenvalue weighted by atomic mass is 10.1. The molecular weight excluding hydrogens is 314 g/mol. The predicted molar refractivity (Wildman–Crippen MR) is 83.7 cm³/mol. The van der Waals surface area contributed by atoms with Crippen LogP contribution in [0.2, 0.25) is 0 Å². The molecule has 0 aliphatic carbocycles. The summed E-state index contributed by atoms with van der Waals surface area (Å²) in [5.41, 5.74) is 1.06. The molecule has 0 radical (unpaired) electrons.